The molecular weight excluding hydrogens is 319 g/mol. The summed E-state index contributed by atoms with van der Waals surface area (Å²) < 4.78 is 14.9. The maximum Gasteiger partial charge on any atom is 0.300 e. The van der Waals surface area contributed by atoms with Crippen molar-refractivity contribution in [3.63, 3.8) is 0 Å². The van der Waals surface area contributed by atoms with Gasteiger partial charge in [0.2, 0.25) is 0 Å². The summed E-state index contributed by atoms with van der Waals surface area (Å²) in [7, 11) is 0. The predicted octanol–water partition coefficient (Wildman–Crippen LogP) is 3.69. The van der Waals surface area contributed by atoms with Crippen LogP contribution in [0.25, 0.3) is 22.6 Å². The van der Waals surface area contributed by atoms with Gasteiger partial charge in [0.1, 0.15) is 12.0 Å². The highest BCUT2D eigenvalue weighted by Gasteiger charge is 2.28. The van der Waals surface area contributed by atoms with E-state index in [1.807, 2.05) is 24.3 Å². The molecule has 0 saturated heterocycles. The topological polar surface area (TPSA) is 59.8 Å². The van der Waals surface area contributed by atoms with E-state index in [0.717, 1.165) is 11.3 Å². The minimum absolute atomic E-state index is 0.128. The first-order valence-corrected chi connectivity index (χ1v) is 8.17. The SMILES string of the molecule is CC(C)[C@H]1Nc2ccccc2-c2nc(=O)c(-c3ccc(F)cc3)nn21. The second-order valence-electron chi connectivity index (χ2n) is 6.42. The molecule has 25 heavy (non-hydrogen) atoms. The van der Waals surface area contributed by atoms with Gasteiger partial charge in [-0.1, -0.05) is 26.0 Å². The molecule has 1 aliphatic rings. The van der Waals surface area contributed by atoms with Crippen LogP contribution in [0.1, 0.15) is 20.0 Å². The molecule has 2 aromatic carbocycles. The van der Waals surface area contributed by atoms with E-state index in [-0.39, 0.29) is 23.6 Å². The second kappa shape index (κ2) is 5.81. The molecule has 1 aliphatic heterocycles. The number of hydrogen-bond donors (Lipinski definition) is 1. The lowest BCUT2D eigenvalue weighted by Gasteiger charge is -2.32. The third-order valence-electron chi connectivity index (χ3n) is 4.32. The molecule has 0 unspecified atom stereocenters. The van der Waals surface area contributed by atoms with Gasteiger partial charge in [0.25, 0.3) is 5.56 Å². The largest absolute Gasteiger partial charge is 0.363 e. The molecule has 0 spiro atoms. The van der Waals surface area contributed by atoms with Crippen LogP contribution in [0, 0.1) is 11.7 Å². The predicted molar refractivity (Wildman–Crippen MR) is 94.6 cm³/mol. The van der Waals surface area contributed by atoms with E-state index in [4.69, 9.17) is 0 Å². The summed E-state index contributed by atoms with van der Waals surface area (Å²) in [5.41, 5.74) is 2.13. The molecule has 126 valence electrons. The fourth-order valence-electron chi connectivity index (χ4n) is 3.04. The average Bonchev–Trinajstić information content (AvgIpc) is 2.61. The summed E-state index contributed by atoms with van der Waals surface area (Å²) in [6, 6.07) is 13.4. The zero-order chi connectivity index (χ0) is 17.6. The normalized spacial score (nSPS) is 15.4. The molecule has 0 aliphatic carbocycles. The van der Waals surface area contributed by atoms with Crippen LogP contribution in [0.5, 0.6) is 0 Å². The lowest BCUT2D eigenvalue weighted by Crippen LogP contribution is -2.34. The van der Waals surface area contributed by atoms with Crippen LogP contribution in [0.4, 0.5) is 10.1 Å². The van der Waals surface area contributed by atoms with Crippen LogP contribution < -0.4 is 10.9 Å². The van der Waals surface area contributed by atoms with Gasteiger partial charge in [-0.25, -0.2) is 9.07 Å². The van der Waals surface area contributed by atoms with Crippen LogP contribution in [0.2, 0.25) is 0 Å². The Morgan fingerprint density at radius 1 is 1.12 bits per heavy atom. The number of rotatable bonds is 2. The summed E-state index contributed by atoms with van der Waals surface area (Å²) in [6.45, 7) is 4.15. The summed E-state index contributed by atoms with van der Waals surface area (Å²) in [6.07, 6.45) is -0.128. The number of hydrogen-bond acceptors (Lipinski definition) is 4. The number of anilines is 1. The van der Waals surface area contributed by atoms with Crippen molar-refractivity contribution in [3.05, 3.63) is 64.7 Å². The first-order valence-electron chi connectivity index (χ1n) is 8.17. The van der Waals surface area contributed by atoms with Crippen molar-refractivity contribution in [1.29, 1.82) is 0 Å². The number of aromatic nitrogens is 3. The molecule has 1 N–H and O–H groups in total. The Hall–Kier alpha value is -3.02. The number of nitrogens with zero attached hydrogens (tertiary/aromatic N) is 3. The molecule has 4 rings (SSSR count). The van der Waals surface area contributed by atoms with Gasteiger partial charge in [0, 0.05) is 16.8 Å². The molecule has 6 heteroatoms. The fourth-order valence-corrected chi connectivity index (χ4v) is 3.04. The molecule has 1 aromatic heterocycles. The lowest BCUT2D eigenvalue weighted by atomic mass is 10.0. The highest BCUT2D eigenvalue weighted by molar-refractivity contribution is 5.76. The highest BCUT2D eigenvalue weighted by atomic mass is 19.1. The molecule has 2 heterocycles. The van der Waals surface area contributed by atoms with Crippen molar-refractivity contribution in [2.24, 2.45) is 5.92 Å². The van der Waals surface area contributed by atoms with Crippen molar-refractivity contribution < 1.29 is 4.39 Å². The fraction of sp³-hybridized carbons (Fsp3) is 0.211. The van der Waals surface area contributed by atoms with Crippen molar-refractivity contribution >= 4 is 5.69 Å². The first kappa shape index (κ1) is 15.5. The van der Waals surface area contributed by atoms with Crippen LogP contribution in [0.15, 0.2) is 53.3 Å². The molecule has 0 fully saturated rings. The Bertz CT molecular complexity index is 995. The third kappa shape index (κ3) is 2.59. The Kier molecular flexibility index (Phi) is 3.60. The van der Waals surface area contributed by atoms with E-state index in [9.17, 15) is 9.18 Å². The molecule has 0 saturated carbocycles. The quantitative estimate of drug-likeness (QED) is 0.775. The minimum Gasteiger partial charge on any atom is -0.363 e. The molecule has 5 nitrogen and oxygen atoms in total. The van der Waals surface area contributed by atoms with Gasteiger partial charge in [-0.2, -0.15) is 10.1 Å². The zero-order valence-electron chi connectivity index (χ0n) is 13.9. The summed E-state index contributed by atoms with van der Waals surface area (Å²) >= 11 is 0. The van der Waals surface area contributed by atoms with Crippen LogP contribution in [0.3, 0.4) is 0 Å². The smallest absolute Gasteiger partial charge is 0.300 e. The maximum atomic E-state index is 13.2. The van der Waals surface area contributed by atoms with Crippen LogP contribution in [-0.2, 0) is 0 Å². The number of nitrogens with one attached hydrogen (secondary N) is 1. The van der Waals surface area contributed by atoms with Gasteiger partial charge in [0.15, 0.2) is 11.5 Å². The van der Waals surface area contributed by atoms with E-state index in [1.54, 1.807) is 16.8 Å². The third-order valence-corrected chi connectivity index (χ3v) is 4.32. The van der Waals surface area contributed by atoms with Crippen LogP contribution in [-0.4, -0.2) is 14.8 Å². The number of benzene rings is 2. The van der Waals surface area contributed by atoms with Crippen molar-refractivity contribution in [2.45, 2.75) is 20.0 Å². The van der Waals surface area contributed by atoms with E-state index < -0.39 is 5.56 Å². The lowest BCUT2D eigenvalue weighted by molar-refractivity contribution is 0.376. The molecule has 1 atom stereocenters. The minimum atomic E-state index is -0.419. The molecule has 0 radical (unpaired) electrons. The monoisotopic (exact) mass is 336 g/mol. The summed E-state index contributed by atoms with van der Waals surface area (Å²) in [5, 5.41) is 8.03. The van der Waals surface area contributed by atoms with Gasteiger partial charge in [-0.3, -0.25) is 4.79 Å². The van der Waals surface area contributed by atoms with Gasteiger partial charge < -0.3 is 5.32 Å². The number of para-hydroxylation sites is 1. The standard InChI is InChI=1S/C19H17FN4O/c1-11(2)17-21-15-6-4-3-5-14(15)18-22-19(25)16(23-24(17)18)12-7-9-13(20)10-8-12/h3-11,17,21H,1-2H3/t17-/m0/s1. The first-order chi connectivity index (χ1) is 12.0. The Morgan fingerprint density at radius 2 is 1.84 bits per heavy atom. The summed E-state index contributed by atoms with van der Waals surface area (Å²) in [5.74, 6) is 0.416. The van der Waals surface area contributed by atoms with E-state index in [1.165, 1.54) is 12.1 Å². The molecule has 0 amide bonds. The van der Waals surface area contributed by atoms with E-state index in [2.05, 4.69) is 29.2 Å². The van der Waals surface area contributed by atoms with Crippen LogP contribution >= 0.6 is 0 Å². The van der Waals surface area contributed by atoms with E-state index >= 15 is 0 Å². The van der Waals surface area contributed by atoms with Crippen molar-refractivity contribution in [3.8, 4) is 22.6 Å². The Labute approximate surface area is 144 Å². The average molecular weight is 336 g/mol. The number of fused-ring (bicyclic) bond motifs is 3. The Morgan fingerprint density at radius 3 is 2.56 bits per heavy atom. The molecule has 0 bridgehead atoms. The second-order valence-corrected chi connectivity index (χ2v) is 6.42. The summed E-state index contributed by atoms with van der Waals surface area (Å²) in [4.78, 5) is 16.9. The van der Waals surface area contributed by atoms with Gasteiger partial charge in [0.05, 0.1) is 0 Å². The zero-order valence-corrected chi connectivity index (χ0v) is 13.9. The van der Waals surface area contributed by atoms with Crippen molar-refractivity contribution in [1.82, 2.24) is 14.8 Å². The van der Waals surface area contributed by atoms with Gasteiger partial charge >= 0.3 is 0 Å². The Balaban J connectivity index is 1.95. The van der Waals surface area contributed by atoms with E-state index in [0.29, 0.717) is 11.4 Å². The highest BCUT2D eigenvalue weighted by Crippen LogP contribution is 2.36. The molecule has 3 aromatic rings. The van der Waals surface area contributed by atoms with Gasteiger partial charge in [-0.15, -0.1) is 0 Å². The maximum absolute atomic E-state index is 13.2. The van der Waals surface area contributed by atoms with Crippen molar-refractivity contribution in [2.75, 3.05) is 5.32 Å². The van der Waals surface area contributed by atoms with Gasteiger partial charge in [-0.05, 0) is 42.3 Å². The molecular formula is C19H17FN4O. The number of halogens is 1.